The fourth-order valence-electron chi connectivity index (χ4n) is 2.55. The summed E-state index contributed by atoms with van der Waals surface area (Å²) in [5, 5.41) is 10.8. The van der Waals surface area contributed by atoms with Gasteiger partial charge in [-0.25, -0.2) is 0 Å². The van der Waals surface area contributed by atoms with Gasteiger partial charge in [-0.2, -0.15) is 5.10 Å². The molecule has 0 radical (unpaired) electrons. The van der Waals surface area contributed by atoms with Crippen molar-refractivity contribution < 1.29 is 4.74 Å². The summed E-state index contributed by atoms with van der Waals surface area (Å²) in [6.07, 6.45) is 4.72. The van der Waals surface area contributed by atoms with Crippen LogP contribution in [-0.2, 0) is 6.54 Å². The van der Waals surface area contributed by atoms with Crippen LogP contribution in [0.1, 0.15) is 24.5 Å². The van der Waals surface area contributed by atoms with Gasteiger partial charge in [-0.1, -0.05) is 18.2 Å². The molecule has 0 aliphatic heterocycles. The highest BCUT2D eigenvalue weighted by molar-refractivity contribution is 14.0. The molecule has 2 rings (SSSR count). The molecule has 2 N–H and O–H groups in total. The van der Waals surface area contributed by atoms with Crippen molar-refractivity contribution in [3.63, 3.8) is 0 Å². The molecule has 0 saturated carbocycles. The van der Waals surface area contributed by atoms with Crippen LogP contribution in [0.4, 0.5) is 0 Å². The Morgan fingerprint density at radius 1 is 1.19 bits per heavy atom. The second kappa shape index (κ2) is 12.6. The molecule has 0 aliphatic carbocycles. The summed E-state index contributed by atoms with van der Waals surface area (Å²) in [6.45, 7) is 9.99. The van der Waals surface area contributed by atoms with Gasteiger partial charge in [-0.15, -0.1) is 24.0 Å². The van der Waals surface area contributed by atoms with Crippen molar-refractivity contribution in [2.45, 2.75) is 33.7 Å². The van der Waals surface area contributed by atoms with E-state index in [-0.39, 0.29) is 24.0 Å². The molecule has 1 heterocycles. The summed E-state index contributed by atoms with van der Waals surface area (Å²) < 4.78 is 7.84. The van der Waals surface area contributed by atoms with E-state index < -0.39 is 0 Å². The molecule has 1 aromatic carbocycles. The van der Waals surface area contributed by atoms with Gasteiger partial charge in [0, 0.05) is 32.0 Å². The molecule has 0 unspecified atom stereocenters. The second-order valence-corrected chi connectivity index (χ2v) is 5.88. The number of ether oxygens (including phenoxy) is 1. The molecule has 1 aromatic heterocycles. The van der Waals surface area contributed by atoms with Crippen LogP contribution in [0, 0.1) is 13.8 Å². The number of halogens is 1. The van der Waals surface area contributed by atoms with Crippen molar-refractivity contribution in [2.24, 2.45) is 4.99 Å². The van der Waals surface area contributed by atoms with Crippen LogP contribution in [0.2, 0.25) is 0 Å². The molecule has 0 amide bonds. The molecule has 144 valence electrons. The maximum Gasteiger partial charge on any atom is 0.191 e. The lowest BCUT2D eigenvalue weighted by molar-refractivity contribution is 0.317. The third-order valence-electron chi connectivity index (χ3n) is 3.77. The molecule has 0 atom stereocenters. The number of guanidine groups is 1. The lowest BCUT2D eigenvalue weighted by atomic mass is 10.1. The largest absolute Gasteiger partial charge is 0.491 e. The molecule has 7 heteroatoms. The van der Waals surface area contributed by atoms with Gasteiger partial charge < -0.3 is 15.4 Å². The maximum atomic E-state index is 5.91. The average molecular weight is 471 g/mol. The Hall–Kier alpha value is -1.77. The van der Waals surface area contributed by atoms with Gasteiger partial charge >= 0.3 is 0 Å². The number of rotatable bonds is 9. The molecule has 0 fully saturated rings. The van der Waals surface area contributed by atoms with E-state index >= 15 is 0 Å². The Labute approximate surface area is 173 Å². The third-order valence-corrected chi connectivity index (χ3v) is 3.77. The van der Waals surface area contributed by atoms with Crippen LogP contribution in [0.25, 0.3) is 0 Å². The Kier molecular flexibility index (Phi) is 10.8. The van der Waals surface area contributed by atoms with Crippen molar-refractivity contribution in [3.05, 3.63) is 47.8 Å². The number of aryl methyl sites for hydroxylation is 3. The quantitative estimate of drug-likeness (QED) is 0.255. The summed E-state index contributed by atoms with van der Waals surface area (Å²) in [6, 6.07) is 8.13. The van der Waals surface area contributed by atoms with E-state index in [1.165, 1.54) is 11.1 Å². The topological polar surface area (TPSA) is 63.5 Å². The predicted molar refractivity (Wildman–Crippen MR) is 118 cm³/mol. The summed E-state index contributed by atoms with van der Waals surface area (Å²) in [4.78, 5) is 4.59. The van der Waals surface area contributed by atoms with Gasteiger partial charge in [0.1, 0.15) is 12.4 Å². The van der Waals surface area contributed by atoms with Crippen molar-refractivity contribution in [1.82, 2.24) is 20.4 Å². The summed E-state index contributed by atoms with van der Waals surface area (Å²) >= 11 is 0. The number of hydrogen-bond acceptors (Lipinski definition) is 3. The van der Waals surface area contributed by atoms with Crippen molar-refractivity contribution in [1.29, 1.82) is 0 Å². The van der Waals surface area contributed by atoms with E-state index in [0.717, 1.165) is 37.8 Å². The summed E-state index contributed by atoms with van der Waals surface area (Å²) in [5.74, 6) is 1.80. The van der Waals surface area contributed by atoms with E-state index in [1.54, 1.807) is 6.20 Å². The zero-order valence-electron chi connectivity index (χ0n) is 15.9. The van der Waals surface area contributed by atoms with Crippen LogP contribution in [-0.4, -0.2) is 42.0 Å². The van der Waals surface area contributed by atoms with E-state index in [0.29, 0.717) is 13.2 Å². The molecule has 0 aliphatic rings. The van der Waals surface area contributed by atoms with E-state index in [9.17, 15) is 0 Å². The Morgan fingerprint density at radius 3 is 2.62 bits per heavy atom. The highest BCUT2D eigenvalue weighted by Crippen LogP contribution is 2.21. The molecule has 0 spiro atoms. The van der Waals surface area contributed by atoms with Crippen LogP contribution in [0.5, 0.6) is 5.75 Å². The van der Waals surface area contributed by atoms with Crippen LogP contribution < -0.4 is 15.4 Å². The Bertz CT molecular complexity index is 638. The Morgan fingerprint density at radius 2 is 1.96 bits per heavy atom. The van der Waals surface area contributed by atoms with Crippen LogP contribution >= 0.6 is 24.0 Å². The highest BCUT2D eigenvalue weighted by Gasteiger charge is 2.03. The lowest BCUT2D eigenvalue weighted by Gasteiger charge is -2.14. The highest BCUT2D eigenvalue weighted by atomic mass is 127. The number of benzene rings is 1. The zero-order chi connectivity index (χ0) is 17.9. The molecule has 0 saturated heterocycles. The standard InChI is InChI=1S/C19H29N5O.HI/c1-4-20-19(21-10-6-13-24-14-7-11-23-24)22-12-15-25-18-16(2)8-5-9-17(18)3;/h5,7-9,11,14H,4,6,10,12-13,15H2,1-3H3,(H2,20,21,22);1H. The number of nitrogens with zero attached hydrogens (tertiary/aromatic N) is 3. The van der Waals surface area contributed by atoms with Crippen molar-refractivity contribution in [3.8, 4) is 5.75 Å². The maximum absolute atomic E-state index is 5.91. The predicted octanol–water partition coefficient (Wildman–Crippen LogP) is 3.14. The lowest BCUT2D eigenvalue weighted by Crippen LogP contribution is -2.39. The number of aliphatic imine (C=N–C) groups is 1. The number of para-hydroxylation sites is 1. The molecule has 0 bridgehead atoms. The smallest absolute Gasteiger partial charge is 0.191 e. The van der Waals surface area contributed by atoms with Gasteiger partial charge in [0.2, 0.25) is 0 Å². The van der Waals surface area contributed by atoms with E-state index in [1.807, 2.05) is 16.9 Å². The summed E-state index contributed by atoms with van der Waals surface area (Å²) in [7, 11) is 0. The third kappa shape index (κ3) is 7.63. The number of hydrogen-bond donors (Lipinski definition) is 2. The van der Waals surface area contributed by atoms with Crippen molar-refractivity contribution >= 4 is 29.9 Å². The van der Waals surface area contributed by atoms with Gasteiger partial charge in [0.15, 0.2) is 5.96 Å². The molecule has 26 heavy (non-hydrogen) atoms. The fraction of sp³-hybridized carbons (Fsp3) is 0.474. The SMILES string of the molecule is CCNC(=NCCCn1cccn1)NCCOc1c(C)cccc1C.I. The first kappa shape index (κ1) is 22.3. The van der Waals surface area contributed by atoms with Crippen LogP contribution in [0.15, 0.2) is 41.7 Å². The first-order valence-electron chi connectivity index (χ1n) is 8.89. The van der Waals surface area contributed by atoms with Gasteiger partial charge in [0.25, 0.3) is 0 Å². The zero-order valence-corrected chi connectivity index (χ0v) is 18.2. The minimum absolute atomic E-state index is 0. The molecular weight excluding hydrogens is 441 g/mol. The first-order chi connectivity index (χ1) is 12.2. The van der Waals surface area contributed by atoms with Crippen molar-refractivity contribution in [2.75, 3.05) is 26.2 Å². The number of nitrogens with one attached hydrogen (secondary N) is 2. The van der Waals surface area contributed by atoms with Crippen LogP contribution in [0.3, 0.4) is 0 Å². The van der Waals surface area contributed by atoms with E-state index in [4.69, 9.17) is 4.74 Å². The molecule has 2 aromatic rings. The monoisotopic (exact) mass is 471 g/mol. The minimum atomic E-state index is 0. The summed E-state index contributed by atoms with van der Waals surface area (Å²) in [5.41, 5.74) is 2.33. The molecular formula is C19H30IN5O. The average Bonchev–Trinajstić information content (AvgIpc) is 3.11. The molecule has 6 nitrogen and oxygen atoms in total. The number of aromatic nitrogens is 2. The second-order valence-electron chi connectivity index (χ2n) is 5.88. The van der Waals surface area contributed by atoms with Gasteiger partial charge in [-0.05, 0) is 44.4 Å². The van der Waals surface area contributed by atoms with Gasteiger partial charge in [0.05, 0.1) is 6.54 Å². The van der Waals surface area contributed by atoms with E-state index in [2.05, 4.69) is 59.7 Å². The fourth-order valence-corrected chi connectivity index (χ4v) is 2.55. The Balaban J connectivity index is 0.00000338. The normalized spacial score (nSPS) is 11.0. The minimum Gasteiger partial charge on any atom is -0.491 e. The first-order valence-corrected chi connectivity index (χ1v) is 8.89. The van der Waals surface area contributed by atoms with Gasteiger partial charge in [-0.3, -0.25) is 9.67 Å².